The van der Waals surface area contributed by atoms with E-state index in [4.69, 9.17) is 5.73 Å². The summed E-state index contributed by atoms with van der Waals surface area (Å²) in [6.45, 7) is 5.09. The zero-order chi connectivity index (χ0) is 13.0. The summed E-state index contributed by atoms with van der Waals surface area (Å²) >= 11 is 0. The van der Waals surface area contributed by atoms with Crippen molar-refractivity contribution in [2.75, 3.05) is 39.3 Å². The quantitative estimate of drug-likeness (QED) is 0.788. The van der Waals surface area contributed by atoms with Crippen molar-refractivity contribution >= 4 is 5.91 Å². The lowest BCUT2D eigenvalue weighted by molar-refractivity contribution is 0.0752. The molecule has 0 bridgehead atoms. The first-order valence-corrected chi connectivity index (χ1v) is 6.40. The van der Waals surface area contributed by atoms with Crippen molar-refractivity contribution in [3.8, 4) is 0 Å². The molecule has 0 unspecified atom stereocenters. The van der Waals surface area contributed by atoms with E-state index in [1.807, 2.05) is 11.9 Å². The first kappa shape index (κ1) is 13.0. The minimum Gasteiger partial charge on any atom is -0.336 e. The van der Waals surface area contributed by atoms with E-state index in [0.717, 1.165) is 39.1 Å². The third-order valence-electron chi connectivity index (χ3n) is 3.36. The molecule has 1 saturated heterocycles. The van der Waals surface area contributed by atoms with Crippen LogP contribution in [0.2, 0.25) is 0 Å². The molecular formula is C12H21N5O. The van der Waals surface area contributed by atoms with Crippen LogP contribution in [0, 0.1) is 0 Å². The molecule has 1 aliphatic rings. The molecule has 1 aromatic heterocycles. The number of carbonyl (C=O) groups is 1. The normalized spacial score (nSPS) is 17.8. The SMILES string of the molecule is Cn1cncc1C(=O)N1CCCN(CCN)CC1. The molecular weight excluding hydrogens is 230 g/mol. The Kier molecular flexibility index (Phi) is 4.33. The van der Waals surface area contributed by atoms with E-state index < -0.39 is 0 Å². The van der Waals surface area contributed by atoms with Gasteiger partial charge >= 0.3 is 0 Å². The van der Waals surface area contributed by atoms with Crippen molar-refractivity contribution in [1.82, 2.24) is 19.4 Å². The van der Waals surface area contributed by atoms with Gasteiger partial charge in [0.1, 0.15) is 5.69 Å². The molecule has 0 spiro atoms. The van der Waals surface area contributed by atoms with Gasteiger partial charge in [-0.2, -0.15) is 0 Å². The molecule has 1 amide bonds. The zero-order valence-electron chi connectivity index (χ0n) is 10.9. The van der Waals surface area contributed by atoms with Gasteiger partial charge < -0.3 is 20.1 Å². The van der Waals surface area contributed by atoms with Crippen LogP contribution in [-0.4, -0.2) is 64.5 Å². The number of rotatable bonds is 3. The number of amides is 1. The van der Waals surface area contributed by atoms with Gasteiger partial charge in [0.15, 0.2) is 0 Å². The van der Waals surface area contributed by atoms with Crippen LogP contribution in [0.15, 0.2) is 12.5 Å². The van der Waals surface area contributed by atoms with Gasteiger partial charge in [-0.05, 0) is 13.0 Å². The number of nitrogens with two attached hydrogens (primary N) is 1. The van der Waals surface area contributed by atoms with Gasteiger partial charge in [-0.15, -0.1) is 0 Å². The molecule has 1 fully saturated rings. The van der Waals surface area contributed by atoms with E-state index in [-0.39, 0.29) is 5.91 Å². The number of hydrogen-bond acceptors (Lipinski definition) is 4. The molecule has 0 aliphatic carbocycles. The smallest absolute Gasteiger partial charge is 0.272 e. The van der Waals surface area contributed by atoms with Crippen LogP contribution < -0.4 is 5.73 Å². The minimum absolute atomic E-state index is 0.0737. The highest BCUT2D eigenvalue weighted by molar-refractivity contribution is 5.92. The molecule has 0 aromatic carbocycles. The fourth-order valence-corrected chi connectivity index (χ4v) is 2.31. The molecule has 2 heterocycles. The molecule has 6 nitrogen and oxygen atoms in total. The first-order valence-electron chi connectivity index (χ1n) is 6.40. The third-order valence-corrected chi connectivity index (χ3v) is 3.36. The summed E-state index contributed by atoms with van der Waals surface area (Å²) in [6, 6.07) is 0. The summed E-state index contributed by atoms with van der Waals surface area (Å²) in [5.41, 5.74) is 6.22. The monoisotopic (exact) mass is 251 g/mol. The van der Waals surface area contributed by atoms with E-state index >= 15 is 0 Å². The number of nitrogens with zero attached hydrogens (tertiary/aromatic N) is 4. The molecule has 0 saturated carbocycles. The summed E-state index contributed by atoms with van der Waals surface area (Å²) in [5, 5.41) is 0. The van der Waals surface area contributed by atoms with Crippen molar-refractivity contribution in [1.29, 1.82) is 0 Å². The molecule has 18 heavy (non-hydrogen) atoms. The maximum Gasteiger partial charge on any atom is 0.272 e. The molecule has 2 rings (SSSR count). The highest BCUT2D eigenvalue weighted by atomic mass is 16.2. The Balaban J connectivity index is 1.98. The summed E-state index contributed by atoms with van der Waals surface area (Å²) in [7, 11) is 1.85. The van der Waals surface area contributed by atoms with Crippen molar-refractivity contribution in [2.24, 2.45) is 12.8 Å². The van der Waals surface area contributed by atoms with Crippen LogP contribution in [0.1, 0.15) is 16.9 Å². The second-order valence-corrected chi connectivity index (χ2v) is 4.67. The fraction of sp³-hybridized carbons (Fsp3) is 0.667. The van der Waals surface area contributed by atoms with Gasteiger partial charge in [0.25, 0.3) is 5.91 Å². The van der Waals surface area contributed by atoms with E-state index in [1.54, 1.807) is 17.1 Å². The van der Waals surface area contributed by atoms with E-state index in [0.29, 0.717) is 12.2 Å². The standard InChI is InChI=1S/C12H21N5O/c1-15-10-14-9-11(15)12(18)17-5-2-4-16(6-3-13)7-8-17/h9-10H,2-8,13H2,1H3. The van der Waals surface area contributed by atoms with Crippen LogP contribution in [0.5, 0.6) is 0 Å². The van der Waals surface area contributed by atoms with Crippen LogP contribution in [-0.2, 0) is 7.05 Å². The molecule has 0 radical (unpaired) electrons. The Morgan fingerprint density at radius 1 is 1.39 bits per heavy atom. The zero-order valence-corrected chi connectivity index (χ0v) is 10.9. The predicted octanol–water partition coefficient (Wildman–Crippen LogP) is -0.473. The number of carbonyl (C=O) groups excluding carboxylic acids is 1. The number of hydrogen-bond donors (Lipinski definition) is 1. The molecule has 6 heteroatoms. The summed E-state index contributed by atoms with van der Waals surface area (Å²) < 4.78 is 1.77. The van der Waals surface area contributed by atoms with Gasteiger partial charge in [0.05, 0.1) is 12.5 Å². The van der Waals surface area contributed by atoms with Gasteiger partial charge in [-0.1, -0.05) is 0 Å². The van der Waals surface area contributed by atoms with Crippen molar-refractivity contribution in [3.63, 3.8) is 0 Å². The third kappa shape index (κ3) is 2.88. The maximum absolute atomic E-state index is 12.3. The highest BCUT2D eigenvalue weighted by Gasteiger charge is 2.21. The second kappa shape index (κ2) is 5.97. The van der Waals surface area contributed by atoms with Crippen LogP contribution in [0.3, 0.4) is 0 Å². The minimum atomic E-state index is 0.0737. The Labute approximate surface area is 107 Å². The van der Waals surface area contributed by atoms with Gasteiger partial charge in [-0.3, -0.25) is 4.79 Å². The fourth-order valence-electron chi connectivity index (χ4n) is 2.31. The lowest BCUT2D eigenvalue weighted by Crippen LogP contribution is -2.37. The Bertz CT molecular complexity index is 403. The molecule has 1 aromatic rings. The van der Waals surface area contributed by atoms with Crippen molar-refractivity contribution in [3.05, 3.63) is 18.2 Å². The maximum atomic E-state index is 12.3. The largest absolute Gasteiger partial charge is 0.336 e. The average Bonchev–Trinajstić information content (AvgIpc) is 2.64. The number of aromatic nitrogens is 2. The lowest BCUT2D eigenvalue weighted by Gasteiger charge is -2.21. The van der Waals surface area contributed by atoms with Crippen LogP contribution >= 0.6 is 0 Å². The van der Waals surface area contributed by atoms with Crippen molar-refractivity contribution < 1.29 is 4.79 Å². The summed E-state index contributed by atoms with van der Waals surface area (Å²) in [6.07, 6.45) is 4.29. The van der Waals surface area contributed by atoms with E-state index in [9.17, 15) is 4.79 Å². The predicted molar refractivity (Wildman–Crippen MR) is 69.2 cm³/mol. The Morgan fingerprint density at radius 3 is 2.89 bits per heavy atom. The molecule has 2 N–H and O–H groups in total. The van der Waals surface area contributed by atoms with Crippen LogP contribution in [0.4, 0.5) is 0 Å². The molecule has 0 atom stereocenters. The summed E-state index contributed by atoms with van der Waals surface area (Å²) in [5.74, 6) is 0.0737. The van der Waals surface area contributed by atoms with Crippen molar-refractivity contribution in [2.45, 2.75) is 6.42 Å². The average molecular weight is 251 g/mol. The second-order valence-electron chi connectivity index (χ2n) is 4.67. The van der Waals surface area contributed by atoms with E-state index in [1.165, 1.54) is 0 Å². The molecule has 1 aliphatic heterocycles. The highest BCUT2D eigenvalue weighted by Crippen LogP contribution is 2.08. The lowest BCUT2D eigenvalue weighted by atomic mass is 10.3. The number of imidazole rings is 1. The number of aryl methyl sites for hydroxylation is 1. The topological polar surface area (TPSA) is 67.4 Å². The van der Waals surface area contributed by atoms with Gasteiger partial charge in [-0.25, -0.2) is 4.98 Å². The van der Waals surface area contributed by atoms with E-state index in [2.05, 4.69) is 9.88 Å². The first-order chi connectivity index (χ1) is 8.72. The van der Waals surface area contributed by atoms with Crippen LogP contribution in [0.25, 0.3) is 0 Å². The Hall–Kier alpha value is -1.40. The molecule has 100 valence electrons. The van der Waals surface area contributed by atoms with Gasteiger partial charge in [0, 0.05) is 39.8 Å². The Morgan fingerprint density at radius 2 is 2.22 bits per heavy atom. The van der Waals surface area contributed by atoms with Gasteiger partial charge in [0.2, 0.25) is 0 Å². The summed E-state index contributed by atoms with van der Waals surface area (Å²) in [4.78, 5) is 20.5.